The van der Waals surface area contributed by atoms with Gasteiger partial charge in [0.15, 0.2) is 0 Å². The van der Waals surface area contributed by atoms with Crippen molar-refractivity contribution in [3.05, 3.63) is 70.3 Å². The number of non-ortho nitro benzene ring substituents is 1. The first-order valence-corrected chi connectivity index (χ1v) is 6.77. The fourth-order valence-electron chi connectivity index (χ4n) is 2.14. The van der Waals surface area contributed by atoms with E-state index in [0.29, 0.717) is 6.54 Å². The van der Waals surface area contributed by atoms with Gasteiger partial charge in [0.2, 0.25) is 0 Å². The number of nitro benzene ring substituents is 1. The highest BCUT2D eigenvalue weighted by molar-refractivity contribution is 5.48. The lowest BCUT2D eigenvalue weighted by Crippen LogP contribution is -2.35. The number of hydrogen-bond acceptors (Lipinski definition) is 4. The summed E-state index contributed by atoms with van der Waals surface area (Å²) in [7, 11) is 0. The number of rotatable bonds is 6. The summed E-state index contributed by atoms with van der Waals surface area (Å²) in [5.41, 5.74) is 2.06. The van der Waals surface area contributed by atoms with Crippen molar-refractivity contribution in [1.82, 2.24) is 0 Å². The van der Waals surface area contributed by atoms with Crippen LogP contribution in [-0.2, 0) is 6.54 Å². The van der Waals surface area contributed by atoms with Crippen molar-refractivity contribution in [2.24, 2.45) is 0 Å². The van der Waals surface area contributed by atoms with E-state index in [-0.39, 0.29) is 18.3 Å². The number of anilines is 1. The molecule has 0 saturated carbocycles. The van der Waals surface area contributed by atoms with Crippen LogP contribution in [0.2, 0.25) is 0 Å². The van der Waals surface area contributed by atoms with Crippen molar-refractivity contribution in [2.75, 3.05) is 11.5 Å². The number of nitro groups is 1. The molecule has 1 unspecified atom stereocenters. The lowest BCUT2D eigenvalue weighted by atomic mass is 10.1. The second-order valence-corrected chi connectivity index (χ2v) is 4.92. The van der Waals surface area contributed by atoms with Gasteiger partial charge in [-0.05, 0) is 24.6 Å². The van der Waals surface area contributed by atoms with Crippen LogP contribution in [0.1, 0.15) is 12.5 Å². The third-order valence-corrected chi connectivity index (χ3v) is 3.38. The van der Waals surface area contributed by atoms with Crippen LogP contribution in [0, 0.1) is 10.1 Å². The molecule has 0 spiro atoms. The SMILES string of the molecule is CC(CO)N(Cc1ccc([N+](=O)[O-])cc1)c1ccccc1. The Morgan fingerprint density at radius 2 is 1.76 bits per heavy atom. The van der Waals surface area contributed by atoms with E-state index in [0.717, 1.165) is 11.3 Å². The number of aliphatic hydroxyl groups is 1. The fraction of sp³-hybridized carbons (Fsp3) is 0.250. The molecule has 0 aliphatic carbocycles. The van der Waals surface area contributed by atoms with Gasteiger partial charge in [0.05, 0.1) is 11.5 Å². The van der Waals surface area contributed by atoms with Gasteiger partial charge in [-0.25, -0.2) is 0 Å². The summed E-state index contributed by atoms with van der Waals surface area (Å²) in [6.45, 7) is 2.57. The minimum Gasteiger partial charge on any atom is -0.394 e. The molecule has 0 fully saturated rings. The molecule has 0 bridgehead atoms. The van der Waals surface area contributed by atoms with Gasteiger partial charge >= 0.3 is 0 Å². The molecule has 0 saturated heterocycles. The van der Waals surface area contributed by atoms with E-state index in [1.165, 1.54) is 12.1 Å². The van der Waals surface area contributed by atoms with E-state index < -0.39 is 4.92 Å². The van der Waals surface area contributed by atoms with Gasteiger partial charge in [0.25, 0.3) is 5.69 Å². The van der Waals surface area contributed by atoms with E-state index in [9.17, 15) is 15.2 Å². The second kappa shape index (κ2) is 6.85. The van der Waals surface area contributed by atoms with Crippen LogP contribution >= 0.6 is 0 Å². The smallest absolute Gasteiger partial charge is 0.269 e. The first-order valence-electron chi connectivity index (χ1n) is 6.77. The highest BCUT2D eigenvalue weighted by atomic mass is 16.6. The molecular weight excluding hydrogens is 268 g/mol. The molecule has 2 aromatic carbocycles. The van der Waals surface area contributed by atoms with Gasteiger partial charge in [-0.3, -0.25) is 10.1 Å². The third-order valence-electron chi connectivity index (χ3n) is 3.38. The number of hydrogen-bond donors (Lipinski definition) is 1. The standard InChI is InChI=1S/C16H18N2O3/c1-13(12-19)17(15-5-3-2-4-6-15)11-14-7-9-16(10-8-14)18(20)21/h2-10,13,19H,11-12H2,1H3. The number of nitrogens with zero attached hydrogens (tertiary/aromatic N) is 2. The Morgan fingerprint density at radius 3 is 2.29 bits per heavy atom. The topological polar surface area (TPSA) is 66.6 Å². The summed E-state index contributed by atoms with van der Waals surface area (Å²) in [5.74, 6) is 0. The maximum absolute atomic E-state index is 10.7. The monoisotopic (exact) mass is 286 g/mol. The van der Waals surface area contributed by atoms with Crippen LogP contribution < -0.4 is 4.90 Å². The molecule has 2 aromatic rings. The number of benzene rings is 2. The lowest BCUT2D eigenvalue weighted by molar-refractivity contribution is -0.384. The third kappa shape index (κ3) is 3.79. The molecule has 0 aromatic heterocycles. The van der Waals surface area contributed by atoms with E-state index in [2.05, 4.69) is 4.90 Å². The summed E-state index contributed by atoms with van der Waals surface area (Å²) in [6.07, 6.45) is 0. The predicted octanol–water partition coefficient (Wildman–Crippen LogP) is 2.98. The Balaban J connectivity index is 2.21. The van der Waals surface area contributed by atoms with E-state index in [1.807, 2.05) is 37.3 Å². The summed E-state index contributed by atoms with van der Waals surface area (Å²) in [5, 5.41) is 20.1. The summed E-state index contributed by atoms with van der Waals surface area (Å²) < 4.78 is 0. The highest BCUT2D eigenvalue weighted by Crippen LogP contribution is 2.21. The maximum Gasteiger partial charge on any atom is 0.269 e. The quantitative estimate of drug-likeness (QED) is 0.655. The Kier molecular flexibility index (Phi) is 4.90. The fourth-order valence-corrected chi connectivity index (χ4v) is 2.14. The average Bonchev–Trinajstić information content (AvgIpc) is 2.53. The molecule has 0 aliphatic rings. The zero-order chi connectivity index (χ0) is 15.2. The molecule has 5 heteroatoms. The molecular formula is C16H18N2O3. The van der Waals surface area contributed by atoms with Gasteiger partial charge in [-0.15, -0.1) is 0 Å². The molecule has 1 atom stereocenters. The number of para-hydroxylation sites is 1. The zero-order valence-corrected chi connectivity index (χ0v) is 11.8. The van der Waals surface area contributed by atoms with Crippen LogP contribution in [0.3, 0.4) is 0 Å². The Morgan fingerprint density at radius 1 is 1.14 bits per heavy atom. The van der Waals surface area contributed by atoms with E-state index in [4.69, 9.17) is 0 Å². The molecule has 1 N–H and O–H groups in total. The zero-order valence-electron chi connectivity index (χ0n) is 11.8. The van der Waals surface area contributed by atoms with Crippen molar-refractivity contribution < 1.29 is 10.0 Å². The normalized spacial score (nSPS) is 11.9. The van der Waals surface area contributed by atoms with E-state index >= 15 is 0 Å². The summed E-state index contributed by atoms with van der Waals surface area (Å²) in [6, 6.07) is 16.3. The lowest BCUT2D eigenvalue weighted by Gasteiger charge is -2.30. The minimum absolute atomic E-state index is 0.0393. The van der Waals surface area contributed by atoms with Crippen LogP contribution in [0.5, 0.6) is 0 Å². The molecule has 0 aliphatic heterocycles. The average molecular weight is 286 g/mol. The molecule has 2 rings (SSSR count). The molecule has 110 valence electrons. The van der Waals surface area contributed by atoms with Gasteiger partial charge in [-0.2, -0.15) is 0 Å². The first kappa shape index (κ1) is 15.0. The molecule has 21 heavy (non-hydrogen) atoms. The van der Waals surface area contributed by atoms with Gasteiger partial charge in [0.1, 0.15) is 0 Å². The Bertz CT molecular complexity index is 584. The molecule has 0 amide bonds. The predicted molar refractivity (Wildman–Crippen MR) is 82.3 cm³/mol. The van der Waals surface area contributed by atoms with Crippen molar-refractivity contribution in [2.45, 2.75) is 19.5 Å². The number of aliphatic hydroxyl groups excluding tert-OH is 1. The van der Waals surface area contributed by atoms with Crippen molar-refractivity contribution in [3.8, 4) is 0 Å². The Hall–Kier alpha value is -2.40. The summed E-state index contributed by atoms with van der Waals surface area (Å²) in [4.78, 5) is 12.3. The van der Waals surface area contributed by atoms with Crippen LogP contribution in [0.25, 0.3) is 0 Å². The van der Waals surface area contributed by atoms with Crippen LogP contribution in [0.4, 0.5) is 11.4 Å². The largest absolute Gasteiger partial charge is 0.394 e. The minimum atomic E-state index is -0.408. The van der Waals surface area contributed by atoms with Crippen LogP contribution in [-0.4, -0.2) is 22.7 Å². The van der Waals surface area contributed by atoms with E-state index in [1.54, 1.807) is 12.1 Å². The highest BCUT2D eigenvalue weighted by Gasteiger charge is 2.14. The van der Waals surface area contributed by atoms with Crippen molar-refractivity contribution in [1.29, 1.82) is 0 Å². The maximum atomic E-state index is 10.7. The molecule has 0 radical (unpaired) electrons. The second-order valence-electron chi connectivity index (χ2n) is 4.92. The van der Waals surface area contributed by atoms with Gasteiger partial charge in [0, 0.05) is 30.4 Å². The van der Waals surface area contributed by atoms with Crippen molar-refractivity contribution in [3.63, 3.8) is 0 Å². The first-order chi connectivity index (χ1) is 10.1. The van der Waals surface area contributed by atoms with Crippen molar-refractivity contribution >= 4 is 11.4 Å². The van der Waals surface area contributed by atoms with Gasteiger partial charge < -0.3 is 10.0 Å². The summed E-state index contributed by atoms with van der Waals surface area (Å²) >= 11 is 0. The molecule has 5 nitrogen and oxygen atoms in total. The van der Waals surface area contributed by atoms with Crippen LogP contribution in [0.15, 0.2) is 54.6 Å². The molecule has 0 heterocycles. The Labute approximate surface area is 123 Å². The van der Waals surface area contributed by atoms with Gasteiger partial charge in [-0.1, -0.05) is 30.3 Å².